The Morgan fingerprint density at radius 1 is 1.36 bits per heavy atom. The highest BCUT2D eigenvalue weighted by Crippen LogP contribution is 2.02. The number of halogens is 1. The normalized spacial score (nSPS) is 11.3. The average Bonchev–Trinajstić information content (AvgIpc) is 2.99. The Balaban J connectivity index is 0.00000242. The van der Waals surface area contributed by atoms with E-state index in [0.717, 1.165) is 11.5 Å². The molecule has 0 fully saturated rings. The van der Waals surface area contributed by atoms with Crippen LogP contribution >= 0.6 is 0 Å². The minimum Gasteiger partial charge on any atom is -1.00 e. The fourth-order valence-corrected chi connectivity index (χ4v) is 1.71. The van der Waals surface area contributed by atoms with Crippen molar-refractivity contribution >= 4 is 17.7 Å². The van der Waals surface area contributed by atoms with Crippen LogP contribution in [0.15, 0.2) is 58.4 Å². The van der Waals surface area contributed by atoms with Crippen LogP contribution in [0.3, 0.4) is 0 Å². The smallest absolute Gasteiger partial charge is 0.305 e. The summed E-state index contributed by atoms with van der Waals surface area (Å²) in [4.78, 5) is 11.8. The van der Waals surface area contributed by atoms with E-state index in [9.17, 15) is 4.79 Å². The van der Waals surface area contributed by atoms with E-state index in [0.29, 0.717) is 5.71 Å². The average molecular weight is 320 g/mol. The van der Waals surface area contributed by atoms with Crippen molar-refractivity contribution in [3.8, 4) is 0 Å². The maximum atomic E-state index is 11.8. The summed E-state index contributed by atoms with van der Waals surface area (Å²) < 4.78 is 7.03. The lowest BCUT2D eigenvalue weighted by molar-refractivity contribution is -0.690. The van der Waals surface area contributed by atoms with Gasteiger partial charge in [-0.1, -0.05) is 6.07 Å². The largest absolute Gasteiger partial charge is 1.00 e. The third-order valence-electron chi connectivity index (χ3n) is 2.87. The fraction of sp³-hybridized carbons (Fsp3) is 0.188. The fourth-order valence-electron chi connectivity index (χ4n) is 1.71. The third-order valence-corrected chi connectivity index (χ3v) is 2.87. The molecule has 0 bridgehead atoms. The minimum absolute atomic E-state index is 0. The van der Waals surface area contributed by atoms with Crippen molar-refractivity contribution in [3.63, 3.8) is 0 Å². The zero-order valence-corrected chi connectivity index (χ0v) is 13.2. The lowest BCUT2D eigenvalue weighted by atomic mass is 10.3. The number of hydrogen-bond donors (Lipinski definition) is 1. The topological polar surface area (TPSA) is 58.5 Å². The number of rotatable bonds is 5. The second-order valence-electron chi connectivity index (χ2n) is 4.61. The standard InChI is InChI=1S/C16H17N3O2.ClH/c1-13(8-9-15-7-5-11-21-15)17-18-16(20)12-19-10-4-3-6-14(19)2;/h3-11H,12H2,1-2H3;1H/b9-8+,17-13+;. The van der Waals surface area contributed by atoms with Crippen molar-refractivity contribution < 1.29 is 26.2 Å². The third kappa shape index (κ3) is 5.54. The molecular weight excluding hydrogens is 302 g/mol. The van der Waals surface area contributed by atoms with E-state index >= 15 is 0 Å². The first kappa shape index (κ1) is 17.7. The lowest BCUT2D eigenvalue weighted by Crippen LogP contribution is -3.00. The van der Waals surface area contributed by atoms with Crippen LogP contribution in [0.1, 0.15) is 18.4 Å². The number of carbonyl (C=O) groups is 1. The van der Waals surface area contributed by atoms with E-state index in [1.807, 2.05) is 48.0 Å². The number of nitrogens with one attached hydrogen (secondary N) is 1. The van der Waals surface area contributed by atoms with Gasteiger partial charge >= 0.3 is 5.91 Å². The van der Waals surface area contributed by atoms with E-state index in [4.69, 9.17) is 4.42 Å². The number of furan rings is 1. The molecule has 22 heavy (non-hydrogen) atoms. The predicted molar refractivity (Wildman–Crippen MR) is 80.4 cm³/mol. The van der Waals surface area contributed by atoms with Crippen molar-refractivity contribution in [1.82, 2.24) is 5.43 Å². The Labute approximate surface area is 135 Å². The number of hydrogen-bond acceptors (Lipinski definition) is 3. The van der Waals surface area contributed by atoms with Crippen LogP contribution in [0.2, 0.25) is 0 Å². The Hall–Kier alpha value is -2.40. The van der Waals surface area contributed by atoms with Gasteiger partial charge in [0.2, 0.25) is 6.54 Å². The number of aromatic nitrogens is 1. The van der Waals surface area contributed by atoms with Crippen molar-refractivity contribution in [2.45, 2.75) is 20.4 Å². The van der Waals surface area contributed by atoms with Crippen molar-refractivity contribution in [2.24, 2.45) is 5.10 Å². The summed E-state index contributed by atoms with van der Waals surface area (Å²) in [6, 6.07) is 9.44. The van der Waals surface area contributed by atoms with Gasteiger partial charge in [-0.3, -0.25) is 4.79 Å². The highest BCUT2D eigenvalue weighted by Gasteiger charge is 2.10. The molecule has 0 saturated carbocycles. The second-order valence-corrected chi connectivity index (χ2v) is 4.61. The molecule has 0 atom stereocenters. The molecule has 1 amide bonds. The van der Waals surface area contributed by atoms with Crippen molar-refractivity contribution in [1.29, 1.82) is 0 Å². The van der Waals surface area contributed by atoms with Gasteiger partial charge in [-0.25, -0.2) is 5.43 Å². The summed E-state index contributed by atoms with van der Waals surface area (Å²) in [6.07, 6.45) is 7.04. The SMILES string of the molecule is CC(/C=C/c1ccco1)=N\NC(=O)C[n+]1ccccc1C.[Cl-]. The molecule has 2 aromatic rings. The van der Waals surface area contributed by atoms with Gasteiger partial charge in [-0.05, 0) is 31.2 Å². The monoisotopic (exact) mass is 319 g/mol. The molecule has 1 N–H and O–H groups in total. The molecule has 0 unspecified atom stereocenters. The maximum Gasteiger partial charge on any atom is 0.305 e. The molecule has 6 heteroatoms. The van der Waals surface area contributed by atoms with E-state index in [2.05, 4.69) is 10.5 Å². The van der Waals surface area contributed by atoms with E-state index in [-0.39, 0.29) is 24.9 Å². The molecule has 2 aromatic heterocycles. The van der Waals surface area contributed by atoms with E-state index in [1.165, 1.54) is 0 Å². The van der Waals surface area contributed by atoms with E-state index in [1.54, 1.807) is 25.3 Å². The van der Waals surface area contributed by atoms with Crippen LogP contribution in [0.4, 0.5) is 0 Å². The molecule has 0 aliphatic rings. The van der Waals surface area contributed by atoms with Gasteiger partial charge < -0.3 is 16.8 Å². The molecule has 116 valence electrons. The van der Waals surface area contributed by atoms with Crippen LogP contribution in [-0.2, 0) is 11.3 Å². The first-order chi connectivity index (χ1) is 10.1. The van der Waals surface area contributed by atoms with E-state index < -0.39 is 0 Å². The summed E-state index contributed by atoms with van der Waals surface area (Å²) in [5, 5.41) is 4.02. The summed E-state index contributed by atoms with van der Waals surface area (Å²) >= 11 is 0. The van der Waals surface area contributed by atoms with Crippen LogP contribution < -0.4 is 22.4 Å². The Morgan fingerprint density at radius 3 is 2.86 bits per heavy atom. The summed E-state index contributed by atoms with van der Waals surface area (Å²) in [6.45, 7) is 4.00. The second kappa shape index (κ2) is 8.79. The van der Waals surface area contributed by atoms with Crippen LogP contribution in [-0.4, -0.2) is 11.6 Å². The highest BCUT2D eigenvalue weighted by molar-refractivity contribution is 5.96. The number of hydrazone groups is 1. The van der Waals surface area contributed by atoms with Gasteiger partial charge in [0.25, 0.3) is 0 Å². The Morgan fingerprint density at radius 2 is 2.18 bits per heavy atom. The van der Waals surface area contributed by atoms with Gasteiger partial charge in [0.1, 0.15) is 5.76 Å². The number of nitrogens with zero attached hydrogens (tertiary/aromatic N) is 2. The van der Waals surface area contributed by atoms with Gasteiger partial charge in [-0.15, -0.1) is 0 Å². The van der Waals surface area contributed by atoms with Crippen LogP contribution in [0.25, 0.3) is 6.08 Å². The van der Waals surface area contributed by atoms with Crippen molar-refractivity contribution in [2.75, 3.05) is 0 Å². The van der Waals surface area contributed by atoms with Crippen LogP contribution in [0, 0.1) is 6.92 Å². The summed E-state index contributed by atoms with van der Waals surface area (Å²) in [7, 11) is 0. The number of amides is 1. The predicted octanol–water partition coefficient (Wildman–Crippen LogP) is -0.915. The quantitative estimate of drug-likeness (QED) is 0.440. The summed E-state index contributed by atoms with van der Waals surface area (Å²) in [5.41, 5.74) is 4.24. The first-order valence-electron chi connectivity index (χ1n) is 6.65. The van der Waals surface area contributed by atoms with Gasteiger partial charge in [-0.2, -0.15) is 9.67 Å². The minimum atomic E-state index is -0.167. The molecule has 0 spiro atoms. The molecule has 0 aromatic carbocycles. The van der Waals surface area contributed by atoms with Crippen molar-refractivity contribution in [3.05, 3.63) is 60.3 Å². The number of aryl methyl sites for hydroxylation is 1. The van der Waals surface area contributed by atoms with Gasteiger partial charge in [0, 0.05) is 19.1 Å². The maximum absolute atomic E-state index is 11.8. The number of allylic oxidation sites excluding steroid dienone is 1. The van der Waals surface area contributed by atoms with Gasteiger partial charge in [0.15, 0.2) is 11.9 Å². The number of carbonyl (C=O) groups excluding carboxylic acids is 1. The Kier molecular flexibility index (Phi) is 7.05. The zero-order chi connectivity index (χ0) is 15.1. The van der Waals surface area contributed by atoms with Gasteiger partial charge in [0.05, 0.1) is 12.0 Å². The Bertz CT molecular complexity index is 664. The molecule has 2 heterocycles. The highest BCUT2D eigenvalue weighted by atomic mass is 35.5. The molecule has 0 radical (unpaired) electrons. The molecule has 5 nitrogen and oxygen atoms in total. The molecule has 2 rings (SSSR count). The first-order valence-corrected chi connectivity index (χ1v) is 6.65. The zero-order valence-electron chi connectivity index (χ0n) is 12.5. The molecule has 0 aliphatic carbocycles. The summed E-state index contributed by atoms with van der Waals surface area (Å²) in [5.74, 6) is 0.575. The lowest BCUT2D eigenvalue weighted by Gasteiger charge is -2.00. The molecular formula is C16H18ClN3O2. The van der Waals surface area contributed by atoms with Crippen LogP contribution in [0.5, 0.6) is 0 Å². The molecule has 0 saturated heterocycles. The molecule has 0 aliphatic heterocycles. The number of pyridine rings is 1.